The lowest BCUT2D eigenvalue weighted by molar-refractivity contribution is 0.0936. The van der Waals surface area contributed by atoms with Crippen molar-refractivity contribution < 1.29 is 9.90 Å². The summed E-state index contributed by atoms with van der Waals surface area (Å²) in [6.45, 7) is 2.76. The molecule has 0 saturated heterocycles. The van der Waals surface area contributed by atoms with Crippen LogP contribution in [0.15, 0.2) is 18.5 Å². The maximum atomic E-state index is 12.3. The van der Waals surface area contributed by atoms with Crippen LogP contribution < -0.4 is 5.32 Å². The summed E-state index contributed by atoms with van der Waals surface area (Å²) in [5.74, 6) is 6.45. The van der Waals surface area contributed by atoms with Crippen LogP contribution in [0.25, 0.3) is 0 Å². The first-order chi connectivity index (χ1) is 10.2. The Morgan fingerprint density at radius 1 is 1.48 bits per heavy atom. The van der Waals surface area contributed by atoms with Crippen LogP contribution in [0.1, 0.15) is 48.5 Å². The summed E-state index contributed by atoms with van der Waals surface area (Å²) in [6.07, 6.45) is 8.14. The van der Waals surface area contributed by atoms with Gasteiger partial charge in [0.05, 0.1) is 11.1 Å². The first-order valence-electron chi connectivity index (χ1n) is 7.54. The Balaban J connectivity index is 2.00. The van der Waals surface area contributed by atoms with Crippen molar-refractivity contribution in [2.24, 2.45) is 11.8 Å². The standard InChI is InChI=1S/C17H22N2O2/c1-13-5-2-3-6-14(13)12-19-17(21)16-8-9-18-11-15(16)7-4-10-20/h8-9,11,13-14,20H,2-3,5-6,10,12H2,1H3,(H,19,21). The first-order valence-corrected chi connectivity index (χ1v) is 7.54. The Labute approximate surface area is 126 Å². The summed E-state index contributed by atoms with van der Waals surface area (Å²) in [4.78, 5) is 16.3. The van der Waals surface area contributed by atoms with E-state index in [0.29, 0.717) is 23.0 Å². The van der Waals surface area contributed by atoms with Crippen LogP contribution in [-0.2, 0) is 0 Å². The van der Waals surface area contributed by atoms with E-state index < -0.39 is 0 Å². The summed E-state index contributed by atoms with van der Waals surface area (Å²) in [5, 5.41) is 11.8. The molecule has 4 heteroatoms. The minimum atomic E-state index is -0.227. The van der Waals surface area contributed by atoms with Gasteiger partial charge in [-0.1, -0.05) is 38.0 Å². The largest absolute Gasteiger partial charge is 0.384 e. The fraction of sp³-hybridized carbons (Fsp3) is 0.529. The van der Waals surface area contributed by atoms with Crippen LogP contribution in [-0.4, -0.2) is 29.1 Å². The van der Waals surface area contributed by atoms with Crippen molar-refractivity contribution >= 4 is 5.91 Å². The molecule has 4 nitrogen and oxygen atoms in total. The predicted molar refractivity (Wildman–Crippen MR) is 81.7 cm³/mol. The molecule has 0 aliphatic heterocycles. The average Bonchev–Trinajstić information content (AvgIpc) is 2.52. The van der Waals surface area contributed by atoms with Crippen molar-refractivity contribution in [3.8, 4) is 11.8 Å². The molecule has 1 heterocycles. The number of carbonyl (C=O) groups excluding carboxylic acids is 1. The average molecular weight is 286 g/mol. The molecule has 1 aliphatic rings. The van der Waals surface area contributed by atoms with Crippen LogP contribution in [0.3, 0.4) is 0 Å². The molecule has 1 aliphatic carbocycles. The summed E-state index contributed by atoms with van der Waals surface area (Å²) < 4.78 is 0. The van der Waals surface area contributed by atoms with Crippen molar-refractivity contribution in [3.63, 3.8) is 0 Å². The van der Waals surface area contributed by atoms with Crippen molar-refractivity contribution in [2.45, 2.75) is 32.6 Å². The molecule has 0 aromatic carbocycles. The number of rotatable bonds is 3. The fourth-order valence-corrected chi connectivity index (χ4v) is 2.84. The maximum absolute atomic E-state index is 12.3. The van der Waals surface area contributed by atoms with Gasteiger partial charge in [0.2, 0.25) is 0 Å². The molecule has 1 aromatic heterocycles. The van der Waals surface area contributed by atoms with E-state index in [-0.39, 0.29) is 12.5 Å². The van der Waals surface area contributed by atoms with Crippen LogP contribution in [0.5, 0.6) is 0 Å². The number of aliphatic hydroxyl groups is 1. The molecule has 2 atom stereocenters. The zero-order valence-corrected chi connectivity index (χ0v) is 12.4. The third-order valence-corrected chi connectivity index (χ3v) is 4.18. The van der Waals surface area contributed by atoms with E-state index >= 15 is 0 Å². The van der Waals surface area contributed by atoms with Gasteiger partial charge in [-0.3, -0.25) is 9.78 Å². The highest BCUT2D eigenvalue weighted by atomic mass is 16.2. The Kier molecular flexibility index (Phi) is 5.77. The van der Waals surface area contributed by atoms with Gasteiger partial charge in [-0.15, -0.1) is 0 Å². The van der Waals surface area contributed by atoms with Crippen LogP contribution in [0.4, 0.5) is 0 Å². The van der Waals surface area contributed by atoms with Crippen LogP contribution in [0, 0.1) is 23.7 Å². The number of hydrogen-bond donors (Lipinski definition) is 2. The van der Waals surface area contributed by atoms with Crippen LogP contribution in [0.2, 0.25) is 0 Å². The molecule has 0 spiro atoms. The van der Waals surface area contributed by atoms with Crippen molar-refractivity contribution in [1.29, 1.82) is 0 Å². The Morgan fingerprint density at radius 3 is 3.05 bits per heavy atom. The number of carbonyl (C=O) groups is 1. The van der Waals surface area contributed by atoms with Gasteiger partial charge in [0, 0.05) is 18.9 Å². The van der Waals surface area contributed by atoms with Gasteiger partial charge in [-0.25, -0.2) is 0 Å². The first kappa shape index (κ1) is 15.5. The molecule has 0 radical (unpaired) electrons. The monoisotopic (exact) mass is 286 g/mol. The minimum Gasteiger partial charge on any atom is -0.384 e. The van der Waals surface area contributed by atoms with E-state index in [4.69, 9.17) is 5.11 Å². The number of nitrogens with zero attached hydrogens (tertiary/aromatic N) is 1. The molecule has 2 unspecified atom stereocenters. The molecule has 2 N–H and O–H groups in total. The summed E-state index contributed by atoms with van der Waals surface area (Å²) in [5.41, 5.74) is 1.08. The van der Waals surface area contributed by atoms with Crippen molar-refractivity contribution in [2.75, 3.05) is 13.2 Å². The Bertz CT molecular complexity index is 545. The Morgan fingerprint density at radius 2 is 2.29 bits per heavy atom. The molecule has 1 aromatic rings. The molecule has 1 amide bonds. The van der Waals surface area contributed by atoms with E-state index in [1.807, 2.05) is 0 Å². The highest BCUT2D eigenvalue weighted by molar-refractivity contribution is 5.96. The second kappa shape index (κ2) is 7.80. The van der Waals surface area contributed by atoms with Gasteiger partial charge in [0.1, 0.15) is 6.61 Å². The smallest absolute Gasteiger partial charge is 0.252 e. The molecule has 2 rings (SSSR count). The van der Waals surface area contributed by atoms with E-state index in [0.717, 1.165) is 6.54 Å². The van der Waals surface area contributed by atoms with Gasteiger partial charge >= 0.3 is 0 Å². The molecule has 0 bridgehead atoms. The quantitative estimate of drug-likeness (QED) is 0.835. The highest BCUT2D eigenvalue weighted by Crippen LogP contribution is 2.28. The SMILES string of the molecule is CC1CCCCC1CNC(=O)c1ccncc1C#CCO. The number of pyridine rings is 1. The van der Waals surface area contributed by atoms with Crippen molar-refractivity contribution in [1.82, 2.24) is 10.3 Å². The lowest BCUT2D eigenvalue weighted by Crippen LogP contribution is -2.33. The normalized spacial score (nSPS) is 21.2. The number of aliphatic hydroxyl groups excluding tert-OH is 1. The summed E-state index contributed by atoms with van der Waals surface area (Å²) >= 11 is 0. The van der Waals surface area contributed by atoms with Gasteiger partial charge in [0.25, 0.3) is 5.91 Å². The van der Waals surface area contributed by atoms with Gasteiger partial charge < -0.3 is 10.4 Å². The fourth-order valence-electron chi connectivity index (χ4n) is 2.84. The second-order valence-corrected chi connectivity index (χ2v) is 5.61. The number of aromatic nitrogens is 1. The van der Waals surface area contributed by atoms with Gasteiger partial charge in [-0.2, -0.15) is 0 Å². The lowest BCUT2D eigenvalue weighted by Gasteiger charge is -2.28. The molecule has 1 saturated carbocycles. The molecule has 1 fully saturated rings. The zero-order valence-electron chi connectivity index (χ0n) is 12.4. The van der Waals surface area contributed by atoms with E-state index in [9.17, 15) is 4.79 Å². The van der Waals surface area contributed by atoms with E-state index in [1.165, 1.54) is 25.7 Å². The van der Waals surface area contributed by atoms with Crippen LogP contribution >= 0.6 is 0 Å². The third kappa shape index (κ3) is 4.30. The minimum absolute atomic E-state index is 0.114. The third-order valence-electron chi connectivity index (χ3n) is 4.18. The van der Waals surface area contributed by atoms with Gasteiger partial charge in [-0.05, 0) is 24.3 Å². The Hall–Kier alpha value is -1.86. The number of hydrogen-bond acceptors (Lipinski definition) is 3. The second-order valence-electron chi connectivity index (χ2n) is 5.61. The van der Waals surface area contributed by atoms with Gasteiger partial charge in [0.15, 0.2) is 0 Å². The predicted octanol–water partition coefficient (Wildman–Crippen LogP) is 1.98. The summed E-state index contributed by atoms with van der Waals surface area (Å²) in [7, 11) is 0. The molecule has 112 valence electrons. The number of nitrogens with one attached hydrogen (secondary N) is 1. The molecular formula is C17H22N2O2. The maximum Gasteiger partial charge on any atom is 0.252 e. The van der Waals surface area contributed by atoms with Crippen molar-refractivity contribution in [3.05, 3.63) is 29.6 Å². The molecular weight excluding hydrogens is 264 g/mol. The van der Waals surface area contributed by atoms with E-state index in [1.54, 1.807) is 18.5 Å². The highest BCUT2D eigenvalue weighted by Gasteiger charge is 2.22. The number of amides is 1. The lowest BCUT2D eigenvalue weighted by atomic mass is 9.80. The van der Waals surface area contributed by atoms with E-state index in [2.05, 4.69) is 29.1 Å². The zero-order chi connectivity index (χ0) is 15.1. The summed E-state index contributed by atoms with van der Waals surface area (Å²) in [6, 6.07) is 1.67. The molecule has 21 heavy (non-hydrogen) atoms. The topological polar surface area (TPSA) is 62.2 Å².